The average molecular weight is 510 g/mol. The molecule has 0 aliphatic carbocycles. The van der Waals surface area contributed by atoms with Gasteiger partial charge >= 0.3 is 5.97 Å². The molecule has 0 bridgehead atoms. The van der Waals surface area contributed by atoms with Crippen LogP contribution in [0.15, 0.2) is 59.6 Å². The first kappa shape index (κ1) is 30.4. The number of carbonyl (C=O) groups excluding carboxylic acids is 1. The van der Waals surface area contributed by atoms with E-state index in [4.69, 9.17) is 4.74 Å². The average Bonchev–Trinajstić information content (AvgIpc) is 2.84. The third-order valence-electron chi connectivity index (χ3n) is 6.03. The number of ether oxygens (including phenoxy) is 1. The second-order valence-corrected chi connectivity index (χ2v) is 11.4. The van der Waals surface area contributed by atoms with Gasteiger partial charge in [0.05, 0.1) is 46.8 Å². The molecule has 6 heteroatoms. The Morgan fingerprint density at radius 2 is 1.54 bits per heavy atom. The number of benzene rings is 2. The van der Waals surface area contributed by atoms with Gasteiger partial charge in [0.1, 0.15) is 0 Å². The highest BCUT2D eigenvalue weighted by molar-refractivity contribution is 5.73. The number of amidine groups is 1. The molecular formula is C31H47N3O3. The van der Waals surface area contributed by atoms with Crippen molar-refractivity contribution in [3.05, 3.63) is 60.2 Å². The number of unbranched alkanes of at least 4 members (excludes halogenated alkanes) is 4. The maximum absolute atomic E-state index is 12.4. The molecule has 0 fully saturated rings. The summed E-state index contributed by atoms with van der Waals surface area (Å²) < 4.78 is 5.94. The van der Waals surface area contributed by atoms with Crippen LogP contribution in [0.5, 0.6) is 0 Å². The molecule has 0 unspecified atom stereocenters. The summed E-state index contributed by atoms with van der Waals surface area (Å²) in [5.41, 5.74) is 3.89. The second-order valence-electron chi connectivity index (χ2n) is 11.4. The van der Waals surface area contributed by atoms with E-state index < -0.39 is 0 Å². The standard InChI is InChI=1S/C31H47N3O3/c1-25(2)24-37-30(35)22-29(23-34(3,4)5)33-31(36)32-21-13-8-6-7-10-14-26-17-19-28(20-18-26)27-15-11-9-12-16-27/h9,11-12,15-20,25,29H,6-8,10,13-14,21-24H2,1-5H3,(H-,32,33,36)/t29-/m1/s1. The molecule has 0 aliphatic heterocycles. The summed E-state index contributed by atoms with van der Waals surface area (Å²) in [6, 6.07) is 18.7. The molecule has 2 aromatic carbocycles. The first-order valence-electron chi connectivity index (χ1n) is 13.7. The summed E-state index contributed by atoms with van der Waals surface area (Å²) in [5, 5.41) is 15.3. The van der Waals surface area contributed by atoms with E-state index in [1.165, 1.54) is 29.5 Å². The number of quaternary nitrogens is 1. The van der Waals surface area contributed by atoms with Gasteiger partial charge in [-0.2, -0.15) is 0 Å². The van der Waals surface area contributed by atoms with Crippen LogP contribution in [0.1, 0.15) is 57.9 Å². The third-order valence-corrected chi connectivity index (χ3v) is 6.03. The number of hydrogen-bond acceptors (Lipinski definition) is 4. The number of nitrogens with one attached hydrogen (secondary N) is 1. The number of carbonyl (C=O) groups is 1. The highest BCUT2D eigenvalue weighted by Crippen LogP contribution is 2.20. The molecule has 0 aliphatic rings. The van der Waals surface area contributed by atoms with E-state index in [9.17, 15) is 9.90 Å². The predicted octanol–water partition coefficient (Wildman–Crippen LogP) is 4.82. The zero-order valence-electron chi connectivity index (χ0n) is 23.5. The number of aryl methyl sites for hydroxylation is 1. The summed E-state index contributed by atoms with van der Waals surface area (Å²) in [7, 11) is 6.11. The van der Waals surface area contributed by atoms with E-state index >= 15 is 0 Å². The lowest BCUT2D eigenvalue weighted by atomic mass is 10.0. The highest BCUT2D eigenvalue weighted by atomic mass is 16.5. The van der Waals surface area contributed by atoms with Crippen molar-refractivity contribution in [1.29, 1.82) is 0 Å². The molecule has 0 saturated carbocycles. The lowest BCUT2D eigenvalue weighted by Gasteiger charge is -2.31. The number of hydrogen-bond donors (Lipinski definition) is 1. The van der Waals surface area contributed by atoms with E-state index in [-0.39, 0.29) is 30.4 Å². The zero-order valence-corrected chi connectivity index (χ0v) is 23.5. The predicted molar refractivity (Wildman–Crippen MR) is 151 cm³/mol. The van der Waals surface area contributed by atoms with Gasteiger partial charge in [-0.3, -0.25) is 9.79 Å². The van der Waals surface area contributed by atoms with E-state index in [0.29, 0.717) is 24.2 Å². The monoisotopic (exact) mass is 509 g/mol. The minimum atomic E-state index is -0.339. The second kappa shape index (κ2) is 16.1. The van der Waals surface area contributed by atoms with Crippen molar-refractivity contribution in [2.75, 3.05) is 40.8 Å². The third kappa shape index (κ3) is 13.9. The molecule has 1 N–H and O–H groups in total. The normalized spacial score (nSPS) is 13.0. The Bertz CT molecular complexity index is 934. The summed E-state index contributed by atoms with van der Waals surface area (Å²) in [6.07, 6.45) is 6.71. The number of likely N-dealkylation sites (N-methyl/N-ethyl adjacent to an activating group) is 1. The summed E-state index contributed by atoms with van der Waals surface area (Å²) in [6.45, 7) is 5.55. The van der Waals surface area contributed by atoms with E-state index in [0.717, 1.165) is 25.7 Å². The van der Waals surface area contributed by atoms with Gasteiger partial charge < -0.3 is 19.6 Å². The van der Waals surface area contributed by atoms with Crippen LogP contribution in [0, 0.1) is 5.92 Å². The molecule has 37 heavy (non-hydrogen) atoms. The van der Waals surface area contributed by atoms with Crippen molar-refractivity contribution < 1.29 is 19.1 Å². The van der Waals surface area contributed by atoms with Gasteiger partial charge in [-0.15, -0.1) is 0 Å². The van der Waals surface area contributed by atoms with Crippen molar-refractivity contribution in [1.82, 2.24) is 5.32 Å². The summed E-state index contributed by atoms with van der Waals surface area (Å²) in [5.74, 6) is 0.0106. The Balaban J connectivity index is 1.63. The molecule has 0 saturated heterocycles. The van der Waals surface area contributed by atoms with Gasteiger partial charge in [0.25, 0.3) is 0 Å². The number of esters is 1. The molecule has 6 nitrogen and oxygen atoms in total. The molecule has 2 rings (SSSR count). The fraction of sp³-hybridized carbons (Fsp3) is 0.548. The Morgan fingerprint density at radius 3 is 2.19 bits per heavy atom. The molecule has 0 aromatic heterocycles. The molecule has 204 valence electrons. The maximum Gasteiger partial charge on any atom is 0.308 e. The molecule has 0 heterocycles. The highest BCUT2D eigenvalue weighted by Gasteiger charge is 2.21. The fourth-order valence-electron chi connectivity index (χ4n) is 4.21. The van der Waals surface area contributed by atoms with E-state index in [2.05, 4.69) is 58.8 Å². The molecule has 0 amide bonds. The smallest absolute Gasteiger partial charge is 0.308 e. The van der Waals surface area contributed by atoms with Gasteiger partial charge in [-0.05, 0) is 41.9 Å². The van der Waals surface area contributed by atoms with E-state index in [1.54, 1.807) is 0 Å². The van der Waals surface area contributed by atoms with Gasteiger partial charge in [-0.1, -0.05) is 87.7 Å². The van der Waals surface area contributed by atoms with Crippen LogP contribution in [-0.4, -0.2) is 63.4 Å². The number of aliphatic imine (C=N–C) groups is 1. The van der Waals surface area contributed by atoms with Crippen LogP contribution in [0.4, 0.5) is 0 Å². The topological polar surface area (TPSA) is 73.8 Å². The molecular weight excluding hydrogens is 462 g/mol. The molecule has 1 atom stereocenters. The van der Waals surface area contributed by atoms with Crippen LogP contribution < -0.4 is 10.4 Å². The molecule has 0 spiro atoms. The maximum atomic E-state index is 12.4. The van der Waals surface area contributed by atoms with Crippen molar-refractivity contribution in [3.8, 4) is 11.1 Å². The van der Waals surface area contributed by atoms with Crippen molar-refractivity contribution in [2.24, 2.45) is 10.9 Å². The van der Waals surface area contributed by atoms with E-state index in [1.807, 2.05) is 41.1 Å². The first-order chi connectivity index (χ1) is 17.6. The summed E-state index contributed by atoms with van der Waals surface area (Å²) in [4.78, 5) is 16.3. The Kier molecular flexibility index (Phi) is 13.2. The summed E-state index contributed by atoms with van der Waals surface area (Å²) >= 11 is 0. The van der Waals surface area contributed by atoms with Crippen LogP contribution in [0.2, 0.25) is 0 Å². The number of rotatable bonds is 16. The Hall–Kier alpha value is -2.86. The Morgan fingerprint density at radius 1 is 0.919 bits per heavy atom. The van der Waals surface area contributed by atoms with Gasteiger partial charge in [0.15, 0.2) is 0 Å². The van der Waals surface area contributed by atoms with Gasteiger partial charge in [0.2, 0.25) is 0 Å². The van der Waals surface area contributed by atoms with Crippen molar-refractivity contribution >= 4 is 12.0 Å². The quantitative estimate of drug-likeness (QED) is 0.116. The van der Waals surface area contributed by atoms with Crippen molar-refractivity contribution in [2.45, 2.75) is 64.8 Å². The van der Waals surface area contributed by atoms with Crippen LogP contribution in [-0.2, 0) is 16.0 Å². The largest absolute Gasteiger partial charge is 0.846 e. The minimum Gasteiger partial charge on any atom is -0.846 e. The SMILES string of the molecule is CC(C)COC(=O)C[C@H](C[N+](C)(C)C)NC([O-])=NCCCCCCCc1ccc(-c2ccccc2)cc1. The molecule has 2 aromatic rings. The number of nitrogens with zero attached hydrogens (tertiary/aromatic N) is 2. The lowest BCUT2D eigenvalue weighted by molar-refractivity contribution is -0.871. The van der Waals surface area contributed by atoms with Crippen LogP contribution in [0.25, 0.3) is 11.1 Å². The minimum absolute atomic E-state index is 0.165. The zero-order chi connectivity index (χ0) is 27.1. The van der Waals surface area contributed by atoms with Crippen molar-refractivity contribution in [3.63, 3.8) is 0 Å². The van der Waals surface area contributed by atoms with Crippen LogP contribution in [0.3, 0.4) is 0 Å². The Labute approximate surface area is 224 Å². The lowest BCUT2D eigenvalue weighted by Crippen LogP contribution is -2.52. The first-order valence-corrected chi connectivity index (χ1v) is 13.7. The van der Waals surface area contributed by atoms with Gasteiger partial charge in [-0.25, -0.2) is 0 Å². The van der Waals surface area contributed by atoms with Crippen LogP contribution >= 0.6 is 0 Å². The van der Waals surface area contributed by atoms with Gasteiger partial charge in [0, 0.05) is 12.6 Å². The molecule has 0 radical (unpaired) electrons. The fourth-order valence-corrected chi connectivity index (χ4v) is 4.21.